The average Bonchev–Trinajstić information content (AvgIpc) is 2.34. The minimum atomic E-state index is 0.117. The molecule has 0 saturated carbocycles. The van der Waals surface area contributed by atoms with Crippen LogP contribution in [0.1, 0.15) is 0 Å². The molecule has 52 valence electrons. The fraction of sp³-hybridized carbons (Fsp3) is 0.286. The highest BCUT2D eigenvalue weighted by molar-refractivity contribution is 8.02. The quantitative estimate of drug-likeness (QED) is 0.554. The minimum Gasteiger partial charge on any atom is -0.348 e. The molecule has 0 bridgehead atoms. The first-order valence-electron chi connectivity index (χ1n) is 3.16. The first-order valence-corrected chi connectivity index (χ1v) is 4.21. The third-order valence-electron chi connectivity index (χ3n) is 1.69. The summed E-state index contributed by atoms with van der Waals surface area (Å²) in [4.78, 5) is 11.0. The van der Waals surface area contributed by atoms with Crippen molar-refractivity contribution < 1.29 is 4.79 Å². The van der Waals surface area contributed by atoms with Crippen molar-refractivity contribution >= 4 is 17.7 Å². The number of hydrogen-bond donors (Lipinski definition) is 1. The van der Waals surface area contributed by atoms with Gasteiger partial charge in [-0.1, -0.05) is 6.08 Å². The molecule has 1 amide bonds. The molecule has 10 heavy (non-hydrogen) atoms. The predicted molar refractivity (Wildman–Crippen MR) is 41.6 cm³/mol. The van der Waals surface area contributed by atoms with Gasteiger partial charge in [-0.05, 0) is 11.0 Å². The molecule has 2 aliphatic rings. The summed E-state index contributed by atoms with van der Waals surface area (Å²) in [5.41, 5.74) is 2.14. The monoisotopic (exact) mass is 153 g/mol. The van der Waals surface area contributed by atoms with E-state index >= 15 is 0 Å². The van der Waals surface area contributed by atoms with Gasteiger partial charge in [0.05, 0.1) is 0 Å². The van der Waals surface area contributed by atoms with E-state index in [1.165, 1.54) is 5.57 Å². The number of nitrogens with one attached hydrogen (secondary N) is 1. The summed E-state index contributed by atoms with van der Waals surface area (Å²) in [6.45, 7) is 0.727. The van der Waals surface area contributed by atoms with Crippen LogP contribution in [0.4, 0.5) is 0 Å². The van der Waals surface area contributed by atoms with Crippen LogP contribution in [0.15, 0.2) is 22.6 Å². The zero-order valence-electron chi connectivity index (χ0n) is 5.39. The highest BCUT2D eigenvalue weighted by Gasteiger charge is 2.21. The lowest BCUT2D eigenvalue weighted by Crippen LogP contribution is -2.17. The van der Waals surface area contributed by atoms with Crippen molar-refractivity contribution in [1.82, 2.24) is 5.32 Å². The van der Waals surface area contributed by atoms with Crippen molar-refractivity contribution in [3.05, 3.63) is 22.6 Å². The standard InChI is InChI=1S/C7H7NOS/c9-7-6-4-10-2-1-5(6)3-8-7/h1-2H,3-4H2,(H,8,9). The van der Waals surface area contributed by atoms with E-state index in [9.17, 15) is 4.79 Å². The van der Waals surface area contributed by atoms with Crippen LogP contribution >= 0.6 is 11.8 Å². The van der Waals surface area contributed by atoms with E-state index in [1.54, 1.807) is 11.8 Å². The lowest BCUT2D eigenvalue weighted by Gasteiger charge is -2.02. The predicted octanol–water partition coefficient (Wildman–Crippen LogP) is 0.673. The maximum absolute atomic E-state index is 11.0. The zero-order valence-corrected chi connectivity index (χ0v) is 6.20. The van der Waals surface area contributed by atoms with Gasteiger partial charge in [0.25, 0.3) is 0 Å². The summed E-state index contributed by atoms with van der Waals surface area (Å²) in [6, 6.07) is 0. The maximum atomic E-state index is 11.0. The molecule has 0 radical (unpaired) electrons. The number of thioether (sulfide) groups is 1. The molecule has 2 rings (SSSR count). The summed E-state index contributed by atoms with van der Waals surface area (Å²) in [7, 11) is 0. The van der Waals surface area contributed by atoms with Crippen LogP contribution in [0.2, 0.25) is 0 Å². The van der Waals surface area contributed by atoms with E-state index in [0.29, 0.717) is 0 Å². The molecule has 2 nitrogen and oxygen atoms in total. The Hall–Kier alpha value is -0.700. The Morgan fingerprint density at radius 3 is 3.30 bits per heavy atom. The summed E-state index contributed by atoms with van der Waals surface area (Å²) in [6.07, 6.45) is 2.02. The Bertz CT molecular complexity index is 242. The largest absolute Gasteiger partial charge is 0.348 e. The SMILES string of the molecule is O=C1NCC2=C1CSC=C2. The van der Waals surface area contributed by atoms with E-state index in [4.69, 9.17) is 0 Å². The van der Waals surface area contributed by atoms with Crippen LogP contribution in [0.3, 0.4) is 0 Å². The van der Waals surface area contributed by atoms with E-state index in [2.05, 4.69) is 5.32 Å². The van der Waals surface area contributed by atoms with Crippen LogP contribution in [0.5, 0.6) is 0 Å². The Morgan fingerprint density at radius 2 is 2.50 bits per heavy atom. The molecule has 2 aliphatic heterocycles. The van der Waals surface area contributed by atoms with Crippen molar-refractivity contribution in [3.63, 3.8) is 0 Å². The lowest BCUT2D eigenvalue weighted by atomic mass is 10.2. The van der Waals surface area contributed by atoms with Crippen molar-refractivity contribution in [2.75, 3.05) is 12.3 Å². The average molecular weight is 153 g/mol. The lowest BCUT2D eigenvalue weighted by molar-refractivity contribution is -0.116. The third kappa shape index (κ3) is 0.778. The minimum absolute atomic E-state index is 0.117. The van der Waals surface area contributed by atoms with Crippen molar-refractivity contribution in [3.8, 4) is 0 Å². The Balaban J connectivity index is 2.38. The molecule has 0 aromatic heterocycles. The molecular formula is C7H7NOS. The van der Waals surface area contributed by atoms with Gasteiger partial charge in [0.1, 0.15) is 0 Å². The van der Waals surface area contributed by atoms with Gasteiger partial charge in [-0.3, -0.25) is 4.79 Å². The van der Waals surface area contributed by atoms with Crippen molar-refractivity contribution in [2.45, 2.75) is 0 Å². The van der Waals surface area contributed by atoms with E-state index in [0.717, 1.165) is 17.9 Å². The van der Waals surface area contributed by atoms with Crippen molar-refractivity contribution in [1.29, 1.82) is 0 Å². The Kier molecular flexibility index (Phi) is 1.31. The zero-order chi connectivity index (χ0) is 6.97. The van der Waals surface area contributed by atoms with Gasteiger partial charge >= 0.3 is 0 Å². The topological polar surface area (TPSA) is 29.1 Å². The van der Waals surface area contributed by atoms with Gasteiger partial charge in [-0.25, -0.2) is 0 Å². The molecule has 2 heterocycles. The molecule has 3 heteroatoms. The van der Waals surface area contributed by atoms with Gasteiger partial charge in [-0.2, -0.15) is 0 Å². The maximum Gasteiger partial charge on any atom is 0.248 e. The second kappa shape index (κ2) is 2.16. The summed E-state index contributed by atoms with van der Waals surface area (Å²) < 4.78 is 0. The first-order chi connectivity index (χ1) is 4.88. The van der Waals surface area contributed by atoms with Crippen LogP contribution in [-0.2, 0) is 4.79 Å². The van der Waals surface area contributed by atoms with Crippen LogP contribution in [0.25, 0.3) is 0 Å². The fourth-order valence-corrected chi connectivity index (χ4v) is 1.95. The third-order valence-corrected chi connectivity index (χ3v) is 2.48. The Labute approximate surface area is 63.4 Å². The van der Waals surface area contributed by atoms with E-state index in [1.807, 2.05) is 11.5 Å². The van der Waals surface area contributed by atoms with E-state index < -0.39 is 0 Å². The molecule has 0 aromatic carbocycles. The molecule has 0 atom stereocenters. The molecule has 0 aliphatic carbocycles. The molecule has 0 aromatic rings. The highest BCUT2D eigenvalue weighted by atomic mass is 32.2. The van der Waals surface area contributed by atoms with Gasteiger partial charge in [-0.15, -0.1) is 11.8 Å². The first kappa shape index (κ1) is 6.04. The number of carbonyl (C=O) groups is 1. The second-order valence-corrected chi connectivity index (χ2v) is 3.19. The number of carbonyl (C=O) groups excluding carboxylic acids is 1. The van der Waals surface area contributed by atoms with Crippen LogP contribution in [0, 0.1) is 0 Å². The molecule has 0 unspecified atom stereocenters. The number of rotatable bonds is 0. The van der Waals surface area contributed by atoms with E-state index in [-0.39, 0.29) is 5.91 Å². The van der Waals surface area contributed by atoms with Gasteiger partial charge in [0, 0.05) is 17.9 Å². The molecular weight excluding hydrogens is 146 g/mol. The Morgan fingerprint density at radius 1 is 1.60 bits per heavy atom. The summed E-state index contributed by atoms with van der Waals surface area (Å²) >= 11 is 1.68. The second-order valence-electron chi connectivity index (χ2n) is 2.30. The normalized spacial score (nSPS) is 23.0. The van der Waals surface area contributed by atoms with Gasteiger partial charge in [0.15, 0.2) is 0 Å². The van der Waals surface area contributed by atoms with Crippen LogP contribution in [-0.4, -0.2) is 18.2 Å². The molecule has 1 N–H and O–H groups in total. The molecule has 0 spiro atoms. The number of amides is 1. The fourth-order valence-electron chi connectivity index (χ4n) is 1.11. The van der Waals surface area contributed by atoms with Gasteiger partial charge < -0.3 is 5.32 Å². The van der Waals surface area contributed by atoms with Crippen molar-refractivity contribution in [2.24, 2.45) is 0 Å². The smallest absolute Gasteiger partial charge is 0.248 e. The summed E-state index contributed by atoms with van der Waals surface area (Å²) in [5, 5.41) is 4.82. The van der Waals surface area contributed by atoms with Crippen LogP contribution < -0.4 is 5.32 Å². The van der Waals surface area contributed by atoms with Gasteiger partial charge in [0.2, 0.25) is 5.91 Å². The molecule has 0 fully saturated rings. The molecule has 0 saturated heterocycles. The number of hydrogen-bond acceptors (Lipinski definition) is 2. The highest BCUT2D eigenvalue weighted by Crippen LogP contribution is 2.23. The summed E-state index contributed by atoms with van der Waals surface area (Å²) in [5.74, 6) is 0.962.